The third kappa shape index (κ3) is 4.70. The number of nitrogens with one attached hydrogen (secondary N) is 2. The normalized spacial score (nSPS) is 13.9. The minimum absolute atomic E-state index is 0.130. The van der Waals surface area contributed by atoms with E-state index in [2.05, 4.69) is 29.5 Å². The summed E-state index contributed by atoms with van der Waals surface area (Å²) in [6, 6.07) is 0.145. The lowest BCUT2D eigenvalue weighted by atomic mass is 10.0. The van der Waals surface area contributed by atoms with Crippen LogP contribution in [0.4, 0.5) is 10.9 Å². The van der Waals surface area contributed by atoms with E-state index in [0.717, 1.165) is 19.4 Å². The molecule has 1 aromatic heterocycles. The first kappa shape index (κ1) is 15.8. The minimum Gasteiger partial charge on any atom is -0.382 e. The number of nitrogen functional groups attached to an aromatic ring is 1. The zero-order valence-corrected chi connectivity index (χ0v) is 12.9. The van der Waals surface area contributed by atoms with Crippen LogP contribution in [-0.2, 0) is 0 Å². The number of carbonyl (C=O) groups excluding carboxylic acids is 1. The third-order valence-electron chi connectivity index (χ3n) is 3.02. The van der Waals surface area contributed by atoms with Gasteiger partial charge in [0.1, 0.15) is 10.7 Å². The van der Waals surface area contributed by atoms with Crippen LogP contribution < -0.4 is 16.4 Å². The Balaban J connectivity index is 2.62. The summed E-state index contributed by atoms with van der Waals surface area (Å²) in [5, 5.41) is 6.74. The lowest BCUT2D eigenvalue weighted by molar-refractivity contribution is 0.0940. The van der Waals surface area contributed by atoms with Crippen LogP contribution in [0.5, 0.6) is 0 Å². The molecule has 4 N–H and O–H groups in total. The van der Waals surface area contributed by atoms with Crippen molar-refractivity contribution in [2.75, 3.05) is 17.6 Å². The largest absolute Gasteiger partial charge is 0.382 e. The second-order valence-electron chi connectivity index (χ2n) is 4.89. The molecular weight excluding hydrogens is 260 g/mol. The van der Waals surface area contributed by atoms with Gasteiger partial charge in [0.2, 0.25) is 0 Å². The van der Waals surface area contributed by atoms with Crippen molar-refractivity contribution in [1.82, 2.24) is 10.3 Å². The summed E-state index contributed by atoms with van der Waals surface area (Å²) < 4.78 is 0. The highest BCUT2D eigenvalue weighted by Crippen LogP contribution is 2.24. The number of aromatic nitrogens is 1. The first-order valence-corrected chi connectivity index (χ1v) is 7.60. The molecule has 1 heterocycles. The average Bonchev–Trinajstić information content (AvgIpc) is 2.70. The molecule has 0 aliphatic rings. The fourth-order valence-electron chi connectivity index (χ4n) is 1.84. The van der Waals surface area contributed by atoms with E-state index in [1.807, 2.05) is 13.8 Å². The van der Waals surface area contributed by atoms with Gasteiger partial charge in [0.05, 0.1) is 0 Å². The van der Waals surface area contributed by atoms with Gasteiger partial charge in [-0.2, -0.15) is 0 Å². The van der Waals surface area contributed by atoms with E-state index >= 15 is 0 Å². The van der Waals surface area contributed by atoms with Gasteiger partial charge in [0, 0.05) is 12.6 Å². The van der Waals surface area contributed by atoms with Gasteiger partial charge in [-0.05, 0) is 26.2 Å². The molecule has 2 unspecified atom stereocenters. The molecule has 2 atom stereocenters. The average molecular weight is 284 g/mol. The molecule has 1 amide bonds. The van der Waals surface area contributed by atoms with Crippen LogP contribution in [0.25, 0.3) is 0 Å². The fraction of sp³-hybridized carbons (Fsp3) is 0.692. The predicted molar refractivity (Wildman–Crippen MR) is 81.7 cm³/mol. The number of carbonyl (C=O) groups is 1. The SMILES string of the molecule is CCNc1nc(N)c(C(=O)NC(C)CC(C)CC)s1. The van der Waals surface area contributed by atoms with Crippen molar-refractivity contribution in [3.05, 3.63) is 4.88 Å². The van der Waals surface area contributed by atoms with E-state index in [0.29, 0.717) is 21.7 Å². The molecule has 0 bridgehead atoms. The Labute approximate surface area is 119 Å². The van der Waals surface area contributed by atoms with Gasteiger partial charge in [0.15, 0.2) is 5.13 Å². The van der Waals surface area contributed by atoms with E-state index < -0.39 is 0 Å². The Morgan fingerprint density at radius 2 is 2.11 bits per heavy atom. The summed E-state index contributed by atoms with van der Waals surface area (Å²) >= 11 is 1.30. The highest BCUT2D eigenvalue weighted by atomic mass is 32.1. The standard InChI is InChI=1S/C13H24N4OS/c1-5-8(3)7-9(4)16-12(18)10-11(14)17-13(19-10)15-6-2/h8-9H,5-7,14H2,1-4H3,(H,15,17)(H,16,18). The molecule has 108 valence electrons. The number of hydrogen-bond acceptors (Lipinski definition) is 5. The van der Waals surface area contributed by atoms with Crippen LogP contribution >= 0.6 is 11.3 Å². The van der Waals surface area contributed by atoms with Crippen LogP contribution in [-0.4, -0.2) is 23.5 Å². The van der Waals surface area contributed by atoms with Crippen molar-refractivity contribution in [2.45, 2.75) is 46.6 Å². The van der Waals surface area contributed by atoms with Crippen molar-refractivity contribution in [1.29, 1.82) is 0 Å². The van der Waals surface area contributed by atoms with Gasteiger partial charge in [-0.3, -0.25) is 4.79 Å². The minimum atomic E-state index is -0.130. The second-order valence-corrected chi connectivity index (χ2v) is 5.89. The Morgan fingerprint density at radius 3 is 2.68 bits per heavy atom. The summed E-state index contributed by atoms with van der Waals surface area (Å²) in [7, 11) is 0. The number of hydrogen-bond donors (Lipinski definition) is 3. The zero-order valence-electron chi connectivity index (χ0n) is 12.1. The van der Waals surface area contributed by atoms with Crippen molar-refractivity contribution in [3.8, 4) is 0 Å². The van der Waals surface area contributed by atoms with Crippen molar-refractivity contribution in [3.63, 3.8) is 0 Å². The van der Waals surface area contributed by atoms with Crippen molar-refractivity contribution in [2.24, 2.45) is 5.92 Å². The molecule has 0 aliphatic heterocycles. The van der Waals surface area contributed by atoms with E-state index in [-0.39, 0.29) is 11.9 Å². The topological polar surface area (TPSA) is 80.0 Å². The Hall–Kier alpha value is -1.30. The molecule has 0 saturated heterocycles. The quantitative estimate of drug-likeness (QED) is 0.719. The number of anilines is 2. The number of thiazole rings is 1. The predicted octanol–water partition coefficient (Wildman–Crippen LogP) is 2.71. The lowest BCUT2D eigenvalue weighted by Crippen LogP contribution is -2.33. The number of nitrogens with two attached hydrogens (primary N) is 1. The van der Waals surface area contributed by atoms with Gasteiger partial charge in [-0.1, -0.05) is 31.6 Å². The van der Waals surface area contributed by atoms with Crippen LogP contribution in [0.3, 0.4) is 0 Å². The molecule has 1 rings (SSSR count). The summed E-state index contributed by atoms with van der Waals surface area (Å²) in [5.74, 6) is 0.774. The van der Waals surface area contributed by atoms with Crippen LogP contribution in [0.1, 0.15) is 50.2 Å². The third-order valence-corrected chi connectivity index (χ3v) is 4.05. The molecule has 0 aromatic carbocycles. The molecule has 0 fully saturated rings. The molecule has 5 nitrogen and oxygen atoms in total. The Bertz CT molecular complexity index is 419. The first-order valence-electron chi connectivity index (χ1n) is 6.78. The number of rotatable bonds is 7. The number of nitrogens with zero attached hydrogens (tertiary/aromatic N) is 1. The summed E-state index contributed by atoms with van der Waals surface area (Å²) in [4.78, 5) is 16.7. The van der Waals surface area contributed by atoms with Gasteiger partial charge in [-0.15, -0.1) is 0 Å². The molecule has 0 spiro atoms. The van der Waals surface area contributed by atoms with E-state index in [9.17, 15) is 4.79 Å². The zero-order chi connectivity index (χ0) is 14.4. The van der Waals surface area contributed by atoms with Crippen LogP contribution in [0.2, 0.25) is 0 Å². The summed E-state index contributed by atoms with van der Waals surface area (Å²) in [6.45, 7) is 9.10. The van der Waals surface area contributed by atoms with E-state index in [4.69, 9.17) is 5.73 Å². The van der Waals surface area contributed by atoms with Gasteiger partial charge >= 0.3 is 0 Å². The van der Waals surface area contributed by atoms with Crippen LogP contribution in [0, 0.1) is 5.92 Å². The smallest absolute Gasteiger partial charge is 0.265 e. The molecular formula is C13H24N4OS. The first-order chi connectivity index (χ1) is 8.97. The van der Waals surface area contributed by atoms with Crippen molar-refractivity contribution >= 4 is 28.2 Å². The summed E-state index contributed by atoms with van der Waals surface area (Å²) in [5.41, 5.74) is 5.77. The monoisotopic (exact) mass is 284 g/mol. The lowest BCUT2D eigenvalue weighted by Gasteiger charge is -2.17. The van der Waals surface area contributed by atoms with Crippen LogP contribution in [0.15, 0.2) is 0 Å². The maximum absolute atomic E-state index is 12.1. The maximum Gasteiger partial charge on any atom is 0.265 e. The van der Waals surface area contributed by atoms with E-state index in [1.54, 1.807) is 0 Å². The molecule has 6 heteroatoms. The van der Waals surface area contributed by atoms with Gasteiger partial charge in [0.25, 0.3) is 5.91 Å². The molecule has 0 radical (unpaired) electrons. The molecule has 1 aromatic rings. The number of amides is 1. The molecule has 19 heavy (non-hydrogen) atoms. The maximum atomic E-state index is 12.1. The molecule has 0 saturated carbocycles. The van der Waals surface area contributed by atoms with E-state index in [1.165, 1.54) is 11.3 Å². The summed E-state index contributed by atoms with van der Waals surface area (Å²) in [6.07, 6.45) is 2.09. The Kier molecular flexibility index (Phi) is 6.08. The van der Waals surface area contributed by atoms with Crippen molar-refractivity contribution < 1.29 is 4.79 Å². The fourth-order valence-corrected chi connectivity index (χ4v) is 2.70. The highest BCUT2D eigenvalue weighted by molar-refractivity contribution is 7.18. The van der Waals surface area contributed by atoms with Gasteiger partial charge in [-0.25, -0.2) is 4.98 Å². The second kappa shape index (κ2) is 7.33. The molecule has 0 aliphatic carbocycles. The Morgan fingerprint density at radius 1 is 1.42 bits per heavy atom. The van der Waals surface area contributed by atoms with Gasteiger partial charge < -0.3 is 16.4 Å². The highest BCUT2D eigenvalue weighted by Gasteiger charge is 2.18.